The van der Waals surface area contributed by atoms with Crippen molar-refractivity contribution in [3.05, 3.63) is 24.3 Å². The van der Waals surface area contributed by atoms with E-state index in [2.05, 4.69) is 12.2 Å². The topological polar surface area (TPSA) is 38.3 Å². The molecule has 0 bridgehead atoms. The van der Waals surface area contributed by atoms with Crippen LogP contribution in [0.3, 0.4) is 0 Å². The molecule has 17 heavy (non-hydrogen) atoms. The molecule has 0 saturated heterocycles. The molecule has 1 N–H and O–H groups in total. The summed E-state index contributed by atoms with van der Waals surface area (Å²) >= 11 is 1.65. The molecule has 0 radical (unpaired) electrons. The highest BCUT2D eigenvalue weighted by Crippen LogP contribution is 2.24. The number of thioether (sulfide) groups is 1. The third-order valence-corrected chi connectivity index (χ3v) is 3.09. The van der Waals surface area contributed by atoms with Gasteiger partial charge in [0.05, 0.1) is 6.61 Å². The van der Waals surface area contributed by atoms with Crippen molar-refractivity contribution in [2.75, 3.05) is 24.7 Å². The summed E-state index contributed by atoms with van der Waals surface area (Å²) in [6.45, 7) is 2.81. The number of esters is 1. The molecule has 0 aliphatic heterocycles. The minimum atomic E-state index is -0.200. The number of unbranched alkanes of at least 4 members (excludes halogenated alkanes) is 1. The zero-order chi connectivity index (χ0) is 12.5. The highest BCUT2D eigenvalue weighted by atomic mass is 32.2. The third kappa shape index (κ3) is 5.13. The van der Waals surface area contributed by atoms with Crippen molar-refractivity contribution in [1.29, 1.82) is 0 Å². The predicted molar refractivity (Wildman–Crippen MR) is 72.6 cm³/mol. The van der Waals surface area contributed by atoms with Crippen LogP contribution in [0.1, 0.15) is 19.8 Å². The zero-order valence-electron chi connectivity index (χ0n) is 10.4. The predicted octanol–water partition coefficient (Wildman–Crippen LogP) is 3.16. The van der Waals surface area contributed by atoms with Gasteiger partial charge in [-0.05, 0) is 24.8 Å². The molecule has 1 rings (SSSR count). The first-order valence-electron chi connectivity index (χ1n) is 5.80. The molecule has 1 aromatic rings. The third-order valence-electron chi connectivity index (χ3n) is 2.29. The number of anilines is 1. The summed E-state index contributed by atoms with van der Waals surface area (Å²) in [5.41, 5.74) is 0.979. The maximum absolute atomic E-state index is 11.4. The van der Waals surface area contributed by atoms with Crippen molar-refractivity contribution in [2.24, 2.45) is 0 Å². The fourth-order valence-corrected chi connectivity index (χ4v) is 1.91. The average Bonchev–Trinajstić information content (AvgIpc) is 2.37. The second kappa shape index (κ2) is 8.01. The number of carbonyl (C=O) groups is 1. The van der Waals surface area contributed by atoms with Crippen LogP contribution in [0, 0.1) is 0 Å². The van der Waals surface area contributed by atoms with E-state index in [-0.39, 0.29) is 12.5 Å². The summed E-state index contributed by atoms with van der Waals surface area (Å²) in [5, 5.41) is 3.10. The van der Waals surface area contributed by atoms with Crippen LogP contribution < -0.4 is 5.32 Å². The molecule has 3 nitrogen and oxygen atoms in total. The summed E-state index contributed by atoms with van der Waals surface area (Å²) in [7, 11) is 0. The van der Waals surface area contributed by atoms with Gasteiger partial charge in [-0.15, -0.1) is 11.8 Å². The van der Waals surface area contributed by atoms with E-state index in [1.165, 1.54) is 0 Å². The van der Waals surface area contributed by atoms with Crippen molar-refractivity contribution < 1.29 is 9.53 Å². The first kappa shape index (κ1) is 13.9. The van der Waals surface area contributed by atoms with Crippen molar-refractivity contribution >= 4 is 23.4 Å². The van der Waals surface area contributed by atoms with E-state index in [0.717, 1.165) is 23.4 Å². The molecule has 4 heteroatoms. The van der Waals surface area contributed by atoms with Gasteiger partial charge in [-0.2, -0.15) is 0 Å². The molecule has 0 spiro atoms. The van der Waals surface area contributed by atoms with Gasteiger partial charge in [-0.1, -0.05) is 25.5 Å². The number of ether oxygens (including phenoxy) is 1. The van der Waals surface area contributed by atoms with Gasteiger partial charge in [0.25, 0.3) is 0 Å². The Bertz CT molecular complexity index is 355. The Morgan fingerprint density at radius 1 is 1.41 bits per heavy atom. The lowest BCUT2D eigenvalue weighted by atomic mass is 10.3. The maximum Gasteiger partial charge on any atom is 0.325 e. The quantitative estimate of drug-likeness (QED) is 0.460. The first-order chi connectivity index (χ1) is 8.27. The van der Waals surface area contributed by atoms with Crippen LogP contribution in [0.15, 0.2) is 29.2 Å². The van der Waals surface area contributed by atoms with E-state index in [4.69, 9.17) is 4.74 Å². The minimum Gasteiger partial charge on any atom is -0.464 e. The number of rotatable bonds is 7. The smallest absolute Gasteiger partial charge is 0.325 e. The molecule has 0 aliphatic carbocycles. The van der Waals surface area contributed by atoms with Crippen molar-refractivity contribution in [2.45, 2.75) is 24.7 Å². The summed E-state index contributed by atoms with van der Waals surface area (Å²) in [6, 6.07) is 7.92. The van der Waals surface area contributed by atoms with Crippen molar-refractivity contribution in [1.82, 2.24) is 0 Å². The van der Waals surface area contributed by atoms with Crippen molar-refractivity contribution in [3.63, 3.8) is 0 Å². The molecule has 0 atom stereocenters. The van der Waals surface area contributed by atoms with Crippen LogP contribution in [0.25, 0.3) is 0 Å². The lowest BCUT2D eigenvalue weighted by molar-refractivity contribution is -0.141. The van der Waals surface area contributed by atoms with E-state index in [9.17, 15) is 4.79 Å². The Hall–Kier alpha value is -1.16. The Morgan fingerprint density at radius 2 is 2.18 bits per heavy atom. The summed E-state index contributed by atoms with van der Waals surface area (Å²) in [6.07, 6.45) is 3.98. The van der Waals surface area contributed by atoms with Gasteiger partial charge >= 0.3 is 5.97 Å². The molecule has 0 heterocycles. The maximum atomic E-state index is 11.4. The van der Waals surface area contributed by atoms with E-state index in [1.807, 2.05) is 30.5 Å². The second-order valence-corrected chi connectivity index (χ2v) is 4.48. The Kier molecular flexibility index (Phi) is 6.55. The molecular formula is C13H19NO2S. The summed E-state index contributed by atoms with van der Waals surface area (Å²) < 4.78 is 5.07. The van der Waals surface area contributed by atoms with Gasteiger partial charge in [0, 0.05) is 10.6 Å². The minimum absolute atomic E-state index is 0.200. The average molecular weight is 253 g/mol. The Balaban J connectivity index is 2.36. The molecule has 94 valence electrons. The van der Waals surface area contributed by atoms with E-state index in [1.54, 1.807) is 11.8 Å². The van der Waals surface area contributed by atoms with Crippen molar-refractivity contribution in [3.8, 4) is 0 Å². The fourth-order valence-electron chi connectivity index (χ4n) is 1.34. The number of para-hydroxylation sites is 1. The molecule has 0 aromatic heterocycles. The number of nitrogens with one attached hydrogen (secondary N) is 1. The molecule has 0 fully saturated rings. The number of hydrogen-bond donors (Lipinski definition) is 1. The molecule has 0 aliphatic rings. The standard InChI is InChI=1S/C13H19NO2S/c1-3-4-9-16-13(15)10-14-11-7-5-6-8-12(11)17-2/h5-8,14H,3-4,9-10H2,1-2H3. The number of benzene rings is 1. The van der Waals surface area contributed by atoms with Crippen LogP contribution in [-0.2, 0) is 9.53 Å². The Morgan fingerprint density at radius 3 is 2.88 bits per heavy atom. The Labute approximate surface area is 107 Å². The monoisotopic (exact) mass is 253 g/mol. The second-order valence-electron chi connectivity index (χ2n) is 3.63. The zero-order valence-corrected chi connectivity index (χ0v) is 11.2. The van der Waals surface area contributed by atoms with Gasteiger partial charge < -0.3 is 10.1 Å². The van der Waals surface area contributed by atoms with Crippen LogP contribution in [0.4, 0.5) is 5.69 Å². The van der Waals surface area contributed by atoms with E-state index in [0.29, 0.717) is 6.61 Å². The normalized spacial score (nSPS) is 10.0. The first-order valence-corrected chi connectivity index (χ1v) is 7.03. The molecule has 1 aromatic carbocycles. The van der Waals surface area contributed by atoms with Crippen LogP contribution in [-0.4, -0.2) is 25.4 Å². The molecule has 0 unspecified atom stereocenters. The largest absolute Gasteiger partial charge is 0.464 e. The number of hydrogen-bond acceptors (Lipinski definition) is 4. The van der Waals surface area contributed by atoms with Crippen LogP contribution in [0.5, 0.6) is 0 Å². The van der Waals surface area contributed by atoms with E-state index < -0.39 is 0 Å². The SMILES string of the molecule is CCCCOC(=O)CNc1ccccc1SC. The summed E-state index contributed by atoms with van der Waals surface area (Å²) in [5.74, 6) is -0.200. The summed E-state index contributed by atoms with van der Waals surface area (Å²) in [4.78, 5) is 12.5. The van der Waals surface area contributed by atoms with Gasteiger partial charge in [0.2, 0.25) is 0 Å². The van der Waals surface area contributed by atoms with Gasteiger partial charge in [-0.3, -0.25) is 4.79 Å². The van der Waals surface area contributed by atoms with Gasteiger partial charge in [-0.25, -0.2) is 0 Å². The molecule has 0 saturated carbocycles. The molecular weight excluding hydrogens is 234 g/mol. The van der Waals surface area contributed by atoms with Gasteiger partial charge in [0.1, 0.15) is 6.54 Å². The van der Waals surface area contributed by atoms with Gasteiger partial charge in [0.15, 0.2) is 0 Å². The highest BCUT2D eigenvalue weighted by molar-refractivity contribution is 7.98. The van der Waals surface area contributed by atoms with Crippen LogP contribution in [0.2, 0.25) is 0 Å². The number of carbonyl (C=O) groups excluding carboxylic acids is 1. The highest BCUT2D eigenvalue weighted by Gasteiger charge is 2.04. The van der Waals surface area contributed by atoms with E-state index >= 15 is 0 Å². The molecule has 0 amide bonds. The lowest BCUT2D eigenvalue weighted by Crippen LogP contribution is -2.17. The van der Waals surface area contributed by atoms with Crippen LogP contribution >= 0.6 is 11.8 Å². The lowest BCUT2D eigenvalue weighted by Gasteiger charge is -2.09. The fraction of sp³-hybridized carbons (Fsp3) is 0.462.